The third-order valence-electron chi connectivity index (χ3n) is 4.49. The summed E-state index contributed by atoms with van der Waals surface area (Å²) in [7, 11) is 1.56. The molecule has 0 bridgehead atoms. The van der Waals surface area contributed by atoms with Crippen molar-refractivity contribution in [1.29, 1.82) is 0 Å². The van der Waals surface area contributed by atoms with Gasteiger partial charge in [-0.3, -0.25) is 0 Å². The summed E-state index contributed by atoms with van der Waals surface area (Å²) in [5, 5.41) is 5.67. The van der Waals surface area contributed by atoms with Crippen molar-refractivity contribution >= 4 is 11.7 Å². The Bertz CT molecular complexity index is 763. The van der Waals surface area contributed by atoms with E-state index in [2.05, 4.69) is 15.6 Å². The standard InChI is InChI=1S/C21H27N3O4/c1-26-20-12-16(8-9-22-20)13-23-21(25)24-18-6-4-5-17(11-18)14-27-15-19-7-2-3-10-28-19/h4-6,8-9,11-12,19H,2-3,7,10,13-15H2,1H3,(H2,23,24,25). The molecule has 1 aliphatic rings. The van der Waals surface area contributed by atoms with Gasteiger partial charge in [0.1, 0.15) is 0 Å². The maximum absolute atomic E-state index is 12.2. The van der Waals surface area contributed by atoms with Crippen LogP contribution < -0.4 is 15.4 Å². The van der Waals surface area contributed by atoms with Crippen molar-refractivity contribution in [3.63, 3.8) is 0 Å². The Morgan fingerprint density at radius 1 is 1.25 bits per heavy atom. The van der Waals surface area contributed by atoms with Gasteiger partial charge < -0.3 is 24.8 Å². The summed E-state index contributed by atoms with van der Waals surface area (Å²) in [6.07, 6.45) is 5.25. The summed E-state index contributed by atoms with van der Waals surface area (Å²) in [6.45, 7) is 2.31. The summed E-state index contributed by atoms with van der Waals surface area (Å²) >= 11 is 0. The van der Waals surface area contributed by atoms with Gasteiger partial charge in [0.25, 0.3) is 0 Å². The smallest absolute Gasteiger partial charge is 0.319 e. The highest BCUT2D eigenvalue weighted by Gasteiger charge is 2.13. The first-order valence-corrected chi connectivity index (χ1v) is 9.55. The van der Waals surface area contributed by atoms with E-state index in [1.54, 1.807) is 19.4 Å². The van der Waals surface area contributed by atoms with Crippen LogP contribution in [0.15, 0.2) is 42.6 Å². The van der Waals surface area contributed by atoms with Crippen LogP contribution in [0.1, 0.15) is 30.4 Å². The fourth-order valence-electron chi connectivity index (χ4n) is 3.02. The van der Waals surface area contributed by atoms with Crippen molar-refractivity contribution in [2.24, 2.45) is 0 Å². The molecule has 1 saturated heterocycles. The fourth-order valence-corrected chi connectivity index (χ4v) is 3.02. The number of pyridine rings is 1. The van der Waals surface area contributed by atoms with Crippen LogP contribution in [0, 0.1) is 0 Å². The molecule has 2 heterocycles. The summed E-state index contributed by atoms with van der Waals surface area (Å²) < 4.78 is 16.5. The quantitative estimate of drug-likeness (QED) is 0.727. The molecule has 0 aliphatic carbocycles. The Kier molecular flexibility index (Phi) is 7.63. The van der Waals surface area contributed by atoms with E-state index in [0.29, 0.717) is 25.6 Å². The first-order valence-electron chi connectivity index (χ1n) is 9.55. The Morgan fingerprint density at radius 2 is 2.18 bits per heavy atom. The number of ether oxygens (including phenoxy) is 3. The molecule has 2 N–H and O–H groups in total. The molecule has 28 heavy (non-hydrogen) atoms. The van der Waals surface area contributed by atoms with Crippen LogP contribution >= 0.6 is 0 Å². The second kappa shape index (κ2) is 10.6. The number of urea groups is 1. The fraction of sp³-hybridized carbons (Fsp3) is 0.429. The van der Waals surface area contributed by atoms with Crippen molar-refractivity contribution < 1.29 is 19.0 Å². The second-order valence-electron chi connectivity index (χ2n) is 6.72. The molecule has 150 valence electrons. The molecular weight excluding hydrogens is 358 g/mol. The van der Waals surface area contributed by atoms with E-state index in [0.717, 1.165) is 36.3 Å². The average molecular weight is 385 g/mol. The molecule has 7 heteroatoms. The number of rotatable bonds is 8. The van der Waals surface area contributed by atoms with E-state index in [1.165, 1.54) is 6.42 Å². The van der Waals surface area contributed by atoms with E-state index >= 15 is 0 Å². The number of hydrogen-bond donors (Lipinski definition) is 2. The van der Waals surface area contributed by atoms with E-state index in [9.17, 15) is 4.79 Å². The zero-order valence-electron chi connectivity index (χ0n) is 16.1. The number of nitrogens with one attached hydrogen (secondary N) is 2. The Hall–Kier alpha value is -2.64. The second-order valence-corrected chi connectivity index (χ2v) is 6.72. The lowest BCUT2D eigenvalue weighted by molar-refractivity contribution is -0.0447. The number of amides is 2. The lowest BCUT2D eigenvalue weighted by atomic mass is 10.1. The molecule has 1 aromatic carbocycles. The summed E-state index contributed by atoms with van der Waals surface area (Å²) in [6, 6.07) is 11.0. The molecular formula is C21H27N3O4. The molecule has 1 atom stereocenters. The molecule has 1 fully saturated rings. The van der Waals surface area contributed by atoms with Crippen molar-refractivity contribution in [2.75, 3.05) is 25.6 Å². The summed E-state index contributed by atoms with van der Waals surface area (Å²) in [5.41, 5.74) is 2.64. The number of aromatic nitrogens is 1. The van der Waals surface area contributed by atoms with Gasteiger partial charge in [-0.1, -0.05) is 12.1 Å². The number of carbonyl (C=O) groups is 1. The lowest BCUT2D eigenvalue weighted by Crippen LogP contribution is -2.28. The van der Waals surface area contributed by atoms with Crippen LogP contribution in [0.3, 0.4) is 0 Å². The summed E-state index contributed by atoms with van der Waals surface area (Å²) in [4.78, 5) is 16.2. The SMILES string of the molecule is COc1cc(CNC(=O)Nc2cccc(COCC3CCCCO3)c2)ccn1. The molecule has 0 spiro atoms. The molecule has 1 unspecified atom stereocenters. The highest BCUT2D eigenvalue weighted by atomic mass is 16.5. The molecule has 1 aromatic heterocycles. The van der Waals surface area contributed by atoms with E-state index in [1.807, 2.05) is 30.3 Å². The van der Waals surface area contributed by atoms with Gasteiger partial charge in [-0.05, 0) is 48.6 Å². The van der Waals surface area contributed by atoms with Crippen LogP contribution in [0.4, 0.5) is 10.5 Å². The first kappa shape index (κ1) is 20.1. The van der Waals surface area contributed by atoms with Gasteiger partial charge >= 0.3 is 6.03 Å². The van der Waals surface area contributed by atoms with Crippen LogP contribution in [0.5, 0.6) is 5.88 Å². The van der Waals surface area contributed by atoms with Crippen molar-refractivity contribution in [3.8, 4) is 5.88 Å². The topological polar surface area (TPSA) is 81.7 Å². The molecule has 0 radical (unpaired) electrons. The number of hydrogen-bond acceptors (Lipinski definition) is 5. The lowest BCUT2D eigenvalue weighted by Gasteiger charge is -2.22. The molecule has 7 nitrogen and oxygen atoms in total. The molecule has 3 rings (SSSR count). The largest absolute Gasteiger partial charge is 0.481 e. The number of anilines is 1. The van der Waals surface area contributed by atoms with Gasteiger partial charge in [0.15, 0.2) is 0 Å². The van der Waals surface area contributed by atoms with E-state index in [-0.39, 0.29) is 12.1 Å². The first-order chi connectivity index (χ1) is 13.7. The highest BCUT2D eigenvalue weighted by Crippen LogP contribution is 2.15. The third kappa shape index (κ3) is 6.51. The van der Waals surface area contributed by atoms with Crippen molar-refractivity contribution in [3.05, 3.63) is 53.7 Å². The van der Waals surface area contributed by atoms with Crippen LogP contribution in [-0.2, 0) is 22.6 Å². The Morgan fingerprint density at radius 3 is 3.00 bits per heavy atom. The van der Waals surface area contributed by atoms with Gasteiger partial charge in [-0.25, -0.2) is 9.78 Å². The predicted octanol–water partition coefficient (Wildman–Crippen LogP) is 3.50. The summed E-state index contributed by atoms with van der Waals surface area (Å²) in [5.74, 6) is 0.519. The van der Waals surface area contributed by atoms with Gasteiger partial charge in [0.05, 0.1) is 26.4 Å². The molecule has 0 saturated carbocycles. The monoisotopic (exact) mass is 385 g/mol. The van der Waals surface area contributed by atoms with Gasteiger partial charge in [-0.15, -0.1) is 0 Å². The van der Waals surface area contributed by atoms with Crippen LogP contribution in [0.2, 0.25) is 0 Å². The maximum Gasteiger partial charge on any atom is 0.319 e. The predicted molar refractivity (Wildman–Crippen MR) is 106 cm³/mol. The van der Waals surface area contributed by atoms with Gasteiger partial charge in [0.2, 0.25) is 5.88 Å². The Balaban J connectivity index is 1.43. The molecule has 1 aliphatic heterocycles. The zero-order valence-corrected chi connectivity index (χ0v) is 16.1. The average Bonchev–Trinajstić information content (AvgIpc) is 2.73. The number of carbonyl (C=O) groups excluding carboxylic acids is 1. The number of nitrogens with zero attached hydrogens (tertiary/aromatic N) is 1. The van der Waals surface area contributed by atoms with Crippen molar-refractivity contribution in [1.82, 2.24) is 10.3 Å². The molecule has 2 aromatic rings. The third-order valence-corrected chi connectivity index (χ3v) is 4.49. The highest BCUT2D eigenvalue weighted by molar-refractivity contribution is 5.89. The number of benzene rings is 1. The molecule has 2 amide bonds. The normalized spacial score (nSPS) is 16.4. The van der Waals surface area contributed by atoms with Crippen LogP contribution in [0.25, 0.3) is 0 Å². The van der Waals surface area contributed by atoms with Crippen molar-refractivity contribution in [2.45, 2.75) is 38.5 Å². The maximum atomic E-state index is 12.2. The minimum Gasteiger partial charge on any atom is -0.481 e. The Labute approximate surface area is 165 Å². The van der Waals surface area contributed by atoms with E-state index in [4.69, 9.17) is 14.2 Å². The van der Waals surface area contributed by atoms with E-state index < -0.39 is 0 Å². The van der Waals surface area contributed by atoms with Crippen LogP contribution in [-0.4, -0.2) is 37.4 Å². The minimum absolute atomic E-state index is 0.202. The van der Waals surface area contributed by atoms with Gasteiger partial charge in [-0.2, -0.15) is 0 Å². The number of methoxy groups -OCH3 is 1. The van der Waals surface area contributed by atoms with Gasteiger partial charge in [0, 0.05) is 31.1 Å². The zero-order chi connectivity index (χ0) is 19.6. The minimum atomic E-state index is -0.274.